The quantitative estimate of drug-likeness (QED) is 0.912. The van der Waals surface area contributed by atoms with Crippen molar-refractivity contribution in [2.75, 3.05) is 12.4 Å². The number of aliphatic hydroxyl groups is 1. The lowest BCUT2D eigenvalue weighted by molar-refractivity contribution is 0.274. The minimum absolute atomic E-state index is 0.0813. The van der Waals surface area contributed by atoms with E-state index in [1.165, 1.54) is 0 Å². The lowest BCUT2D eigenvalue weighted by atomic mass is 10.1. The van der Waals surface area contributed by atoms with Crippen molar-refractivity contribution in [3.05, 3.63) is 34.9 Å². The Morgan fingerprint density at radius 3 is 2.35 bits per heavy atom. The number of hydrogen-bond acceptors (Lipinski definition) is 3. The van der Waals surface area contributed by atoms with E-state index in [2.05, 4.69) is 0 Å². The summed E-state index contributed by atoms with van der Waals surface area (Å²) in [5.74, 6) is -0.124. The predicted octanol–water partition coefficient (Wildman–Crippen LogP) is 1.85. The molecule has 1 aliphatic rings. The lowest BCUT2D eigenvalue weighted by Crippen LogP contribution is -2.13. The number of sulfone groups is 1. The van der Waals surface area contributed by atoms with Gasteiger partial charge in [0.05, 0.1) is 5.25 Å². The highest BCUT2D eigenvalue weighted by Gasteiger charge is 2.57. The van der Waals surface area contributed by atoms with E-state index < -0.39 is 15.1 Å². The third kappa shape index (κ3) is 2.34. The lowest BCUT2D eigenvalue weighted by Gasteiger charge is -2.00. The van der Waals surface area contributed by atoms with Crippen molar-refractivity contribution >= 4 is 21.4 Å². The molecule has 0 heterocycles. The molecule has 3 atom stereocenters. The molecule has 17 heavy (non-hydrogen) atoms. The SMILES string of the molecule is CCS(=O)(=O)[C@@H]1[C@@H](CO)[C@H]1c1ccc(Cl)cc1. The van der Waals surface area contributed by atoms with Gasteiger partial charge in [-0.1, -0.05) is 30.7 Å². The van der Waals surface area contributed by atoms with Crippen molar-refractivity contribution in [1.29, 1.82) is 0 Å². The van der Waals surface area contributed by atoms with Gasteiger partial charge < -0.3 is 5.11 Å². The fraction of sp³-hybridized carbons (Fsp3) is 0.500. The van der Waals surface area contributed by atoms with Crippen LogP contribution in [0.4, 0.5) is 0 Å². The van der Waals surface area contributed by atoms with E-state index in [1.807, 2.05) is 12.1 Å². The molecule has 0 radical (unpaired) electrons. The van der Waals surface area contributed by atoms with E-state index in [-0.39, 0.29) is 24.2 Å². The second-order valence-corrected chi connectivity index (χ2v) is 7.22. The minimum atomic E-state index is -3.09. The normalized spacial score (nSPS) is 28.1. The van der Waals surface area contributed by atoms with Crippen LogP contribution >= 0.6 is 11.6 Å². The topological polar surface area (TPSA) is 54.4 Å². The Labute approximate surface area is 106 Å². The maximum atomic E-state index is 11.8. The van der Waals surface area contributed by atoms with E-state index in [0.717, 1.165) is 5.56 Å². The van der Waals surface area contributed by atoms with Crippen LogP contribution in [-0.2, 0) is 9.84 Å². The van der Waals surface area contributed by atoms with Crippen LogP contribution in [0.1, 0.15) is 18.4 Å². The molecule has 3 nitrogen and oxygen atoms in total. The van der Waals surface area contributed by atoms with Crippen molar-refractivity contribution < 1.29 is 13.5 Å². The third-order valence-electron chi connectivity index (χ3n) is 3.38. The van der Waals surface area contributed by atoms with E-state index in [9.17, 15) is 13.5 Å². The Bertz CT molecular complexity index is 495. The number of halogens is 1. The second-order valence-electron chi connectivity index (χ2n) is 4.34. The second kappa shape index (κ2) is 4.59. The van der Waals surface area contributed by atoms with Crippen LogP contribution in [0.2, 0.25) is 5.02 Å². The Hall–Kier alpha value is -0.580. The first-order valence-corrected chi connectivity index (χ1v) is 7.68. The largest absolute Gasteiger partial charge is 0.396 e. The van der Waals surface area contributed by atoms with Gasteiger partial charge in [-0.15, -0.1) is 0 Å². The average molecular weight is 275 g/mol. The monoisotopic (exact) mass is 274 g/mol. The number of benzene rings is 1. The zero-order chi connectivity index (χ0) is 12.6. The molecule has 0 spiro atoms. The molecular formula is C12H15ClO3S. The summed E-state index contributed by atoms with van der Waals surface area (Å²) in [4.78, 5) is 0. The first kappa shape index (κ1) is 12.9. The Morgan fingerprint density at radius 1 is 1.29 bits per heavy atom. The van der Waals surface area contributed by atoms with Crippen molar-refractivity contribution in [1.82, 2.24) is 0 Å². The summed E-state index contributed by atoms with van der Waals surface area (Å²) in [6.45, 7) is 1.55. The van der Waals surface area contributed by atoms with Crippen LogP contribution in [0.3, 0.4) is 0 Å². The van der Waals surface area contributed by atoms with Crippen molar-refractivity contribution in [3.63, 3.8) is 0 Å². The fourth-order valence-corrected chi connectivity index (χ4v) is 4.38. The van der Waals surface area contributed by atoms with E-state index in [1.54, 1.807) is 19.1 Å². The minimum Gasteiger partial charge on any atom is -0.396 e. The molecule has 0 amide bonds. The summed E-state index contributed by atoms with van der Waals surface area (Å²) in [6.07, 6.45) is 0. The van der Waals surface area contributed by atoms with Gasteiger partial charge >= 0.3 is 0 Å². The van der Waals surface area contributed by atoms with Crippen LogP contribution in [-0.4, -0.2) is 31.1 Å². The number of aliphatic hydroxyl groups excluding tert-OH is 1. The van der Waals surface area contributed by atoms with E-state index in [0.29, 0.717) is 5.02 Å². The van der Waals surface area contributed by atoms with Gasteiger partial charge in [0.2, 0.25) is 0 Å². The van der Waals surface area contributed by atoms with Gasteiger partial charge in [-0.2, -0.15) is 0 Å². The van der Waals surface area contributed by atoms with Gasteiger partial charge in [-0.05, 0) is 17.7 Å². The summed E-state index contributed by atoms with van der Waals surface area (Å²) < 4.78 is 23.7. The van der Waals surface area contributed by atoms with Gasteiger partial charge in [0.15, 0.2) is 9.84 Å². The zero-order valence-electron chi connectivity index (χ0n) is 9.51. The summed E-state index contributed by atoms with van der Waals surface area (Å²) in [6, 6.07) is 7.17. The van der Waals surface area contributed by atoms with Crippen LogP contribution in [0, 0.1) is 5.92 Å². The maximum absolute atomic E-state index is 11.8. The van der Waals surface area contributed by atoms with Crippen LogP contribution in [0.25, 0.3) is 0 Å². The standard InChI is InChI=1S/C12H15ClO3S/c1-2-17(15,16)12-10(7-14)11(12)8-3-5-9(13)6-4-8/h3-6,10-12,14H,2,7H2,1H3/t10-,11+,12+/m0/s1. The molecule has 0 saturated heterocycles. The zero-order valence-corrected chi connectivity index (χ0v) is 11.1. The molecular weight excluding hydrogens is 260 g/mol. The molecule has 0 bridgehead atoms. The summed E-state index contributed by atoms with van der Waals surface area (Å²) in [7, 11) is -3.09. The molecule has 1 aliphatic carbocycles. The Kier molecular flexibility index (Phi) is 3.48. The first-order chi connectivity index (χ1) is 8.01. The molecule has 2 rings (SSSR count). The highest BCUT2D eigenvalue weighted by Crippen LogP contribution is 2.52. The van der Waals surface area contributed by atoms with Gasteiger partial charge in [-0.3, -0.25) is 0 Å². The van der Waals surface area contributed by atoms with Crippen LogP contribution in [0.5, 0.6) is 0 Å². The average Bonchev–Trinajstić information content (AvgIpc) is 3.05. The molecule has 5 heteroatoms. The molecule has 1 saturated carbocycles. The molecule has 0 unspecified atom stereocenters. The number of hydrogen-bond donors (Lipinski definition) is 1. The van der Waals surface area contributed by atoms with Gasteiger partial charge in [0, 0.05) is 29.2 Å². The predicted molar refractivity (Wildman–Crippen MR) is 68.0 cm³/mol. The summed E-state index contributed by atoms with van der Waals surface area (Å²) >= 11 is 5.79. The van der Waals surface area contributed by atoms with Crippen LogP contribution < -0.4 is 0 Å². The summed E-state index contributed by atoms with van der Waals surface area (Å²) in [5, 5.41) is 9.43. The molecule has 0 aliphatic heterocycles. The van der Waals surface area contributed by atoms with Crippen molar-refractivity contribution in [3.8, 4) is 0 Å². The number of rotatable bonds is 4. The highest BCUT2D eigenvalue weighted by atomic mass is 35.5. The van der Waals surface area contributed by atoms with Gasteiger partial charge in [0.25, 0.3) is 0 Å². The van der Waals surface area contributed by atoms with E-state index in [4.69, 9.17) is 11.6 Å². The van der Waals surface area contributed by atoms with Crippen LogP contribution in [0.15, 0.2) is 24.3 Å². The Morgan fingerprint density at radius 2 is 1.88 bits per heavy atom. The van der Waals surface area contributed by atoms with Crippen molar-refractivity contribution in [2.24, 2.45) is 5.92 Å². The molecule has 1 aromatic rings. The molecule has 1 fully saturated rings. The maximum Gasteiger partial charge on any atom is 0.153 e. The summed E-state index contributed by atoms with van der Waals surface area (Å²) in [5.41, 5.74) is 0.940. The highest BCUT2D eigenvalue weighted by molar-refractivity contribution is 7.92. The molecule has 0 aromatic heterocycles. The third-order valence-corrected chi connectivity index (χ3v) is 5.91. The molecule has 1 aromatic carbocycles. The molecule has 1 N–H and O–H groups in total. The van der Waals surface area contributed by atoms with E-state index >= 15 is 0 Å². The fourth-order valence-electron chi connectivity index (χ4n) is 2.36. The first-order valence-electron chi connectivity index (χ1n) is 5.59. The Balaban J connectivity index is 2.26. The van der Waals surface area contributed by atoms with Gasteiger partial charge in [0.1, 0.15) is 0 Å². The molecule has 94 valence electrons. The van der Waals surface area contributed by atoms with Crippen molar-refractivity contribution in [2.45, 2.75) is 18.1 Å². The smallest absolute Gasteiger partial charge is 0.153 e. The van der Waals surface area contributed by atoms with Gasteiger partial charge in [-0.25, -0.2) is 8.42 Å².